The molecule has 1 aromatic heterocycles. The average molecular weight is 456 g/mol. The largest absolute Gasteiger partial charge is 0.489 e. The first-order valence-corrected chi connectivity index (χ1v) is 11.1. The van der Waals surface area contributed by atoms with Crippen LogP contribution in [0.1, 0.15) is 18.4 Å². The number of aromatic nitrogens is 1. The summed E-state index contributed by atoms with van der Waals surface area (Å²) in [6.45, 7) is 2.75. The fourth-order valence-corrected chi connectivity index (χ4v) is 4.84. The molecule has 0 radical (unpaired) electrons. The maximum atomic E-state index is 6.16. The van der Waals surface area contributed by atoms with E-state index in [1.54, 1.807) is 0 Å². The highest BCUT2D eigenvalue weighted by Gasteiger charge is 2.34. The molecule has 6 heteroatoms. The summed E-state index contributed by atoms with van der Waals surface area (Å²) in [5.41, 5.74) is 2.52. The third-order valence-electron chi connectivity index (χ3n) is 6.18. The van der Waals surface area contributed by atoms with Gasteiger partial charge in [0, 0.05) is 30.4 Å². The number of hydrogen-bond donors (Lipinski definition) is 0. The zero-order valence-corrected chi connectivity index (χ0v) is 18.9. The van der Waals surface area contributed by atoms with Crippen LogP contribution in [0.4, 0.5) is 11.5 Å². The van der Waals surface area contributed by atoms with Crippen molar-refractivity contribution in [2.24, 2.45) is 0 Å². The first-order valence-electron chi connectivity index (χ1n) is 10.7. The molecular weight excluding hydrogens is 429 g/mol. The van der Waals surface area contributed by atoms with Crippen molar-refractivity contribution in [1.82, 2.24) is 4.98 Å². The summed E-state index contributed by atoms with van der Waals surface area (Å²) in [7, 11) is 0. The summed E-state index contributed by atoms with van der Waals surface area (Å²) in [5.74, 6) is 2.08. The zero-order valence-electron chi connectivity index (χ0n) is 17.4. The molecule has 0 N–H and O–H groups in total. The molecule has 3 aromatic rings. The number of rotatable bonds is 4. The van der Waals surface area contributed by atoms with Gasteiger partial charge in [-0.3, -0.25) is 0 Å². The van der Waals surface area contributed by atoms with E-state index in [0.717, 1.165) is 48.9 Å². The van der Waals surface area contributed by atoms with Crippen molar-refractivity contribution >= 4 is 35.5 Å². The Balaban J connectivity index is 0.00000231. The van der Waals surface area contributed by atoms with Crippen LogP contribution in [0, 0.1) is 0 Å². The predicted molar refractivity (Wildman–Crippen MR) is 130 cm³/mol. The molecule has 1 atom stereocenters. The van der Waals surface area contributed by atoms with Gasteiger partial charge in [-0.2, -0.15) is 0 Å². The second kappa shape index (κ2) is 9.80. The van der Waals surface area contributed by atoms with E-state index < -0.39 is 0 Å². The molecule has 0 saturated carbocycles. The number of ether oxygens (including phenoxy) is 1. The Labute approximate surface area is 195 Å². The molecule has 4 nitrogen and oxygen atoms in total. The minimum absolute atomic E-state index is 0. The minimum Gasteiger partial charge on any atom is -0.489 e. The quantitative estimate of drug-likeness (QED) is 0.509. The van der Waals surface area contributed by atoms with E-state index in [-0.39, 0.29) is 12.4 Å². The highest BCUT2D eigenvalue weighted by Crippen LogP contribution is 2.38. The standard InChI is InChI=1S/C25H26ClN3O.ClH/c26-20-10-8-19(9-11-20)17-22-18-30-24-6-2-1-5-23(24)29(22)21-12-15-28(16-13-21)25-7-3-4-14-27-25;/h1-11,14,21-22H,12-13,15-18H2;1H. The average Bonchev–Trinajstić information content (AvgIpc) is 2.81. The van der Waals surface area contributed by atoms with Gasteiger partial charge in [-0.25, -0.2) is 4.98 Å². The second-order valence-electron chi connectivity index (χ2n) is 8.08. The second-order valence-corrected chi connectivity index (χ2v) is 8.51. The molecule has 3 heterocycles. The molecule has 162 valence electrons. The van der Waals surface area contributed by atoms with Gasteiger partial charge in [-0.15, -0.1) is 12.4 Å². The van der Waals surface area contributed by atoms with Crippen molar-refractivity contribution in [3.63, 3.8) is 0 Å². The molecule has 31 heavy (non-hydrogen) atoms. The van der Waals surface area contributed by atoms with Gasteiger partial charge in [-0.05, 0) is 61.2 Å². The fourth-order valence-electron chi connectivity index (χ4n) is 4.71. The molecule has 0 aliphatic carbocycles. The summed E-state index contributed by atoms with van der Waals surface area (Å²) in [6, 6.07) is 23.6. The molecule has 2 aromatic carbocycles. The highest BCUT2D eigenvalue weighted by molar-refractivity contribution is 6.30. The summed E-state index contributed by atoms with van der Waals surface area (Å²) in [6.07, 6.45) is 5.05. The number of piperidine rings is 1. The lowest BCUT2D eigenvalue weighted by molar-refractivity contribution is 0.244. The van der Waals surface area contributed by atoms with Crippen LogP contribution >= 0.6 is 24.0 Å². The number of nitrogens with zero attached hydrogens (tertiary/aromatic N) is 3. The summed E-state index contributed by atoms with van der Waals surface area (Å²) in [4.78, 5) is 9.56. The van der Waals surface area contributed by atoms with Crippen LogP contribution in [0.5, 0.6) is 5.75 Å². The van der Waals surface area contributed by atoms with Gasteiger partial charge >= 0.3 is 0 Å². The van der Waals surface area contributed by atoms with E-state index in [1.165, 1.54) is 11.3 Å². The van der Waals surface area contributed by atoms with E-state index in [4.69, 9.17) is 16.3 Å². The van der Waals surface area contributed by atoms with Crippen LogP contribution in [-0.4, -0.2) is 36.8 Å². The minimum atomic E-state index is 0. The maximum Gasteiger partial charge on any atom is 0.142 e. The topological polar surface area (TPSA) is 28.6 Å². The lowest BCUT2D eigenvalue weighted by atomic mass is 9.95. The Bertz CT molecular complexity index is 976. The van der Waals surface area contributed by atoms with Crippen molar-refractivity contribution in [3.8, 4) is 5.75 Å². The third kappa shape index (κ3) is 4.76. The Morgan fingerprint density at radius 3 is 2.42 bits per heavy atom. The van der Waals surface area contributed by atoms with E-state index in [1.807, 2.05) is 24.4 Å². The summed E-state index contributed by atoms with van der Waals surface area (Å²) >= 11 is 6.09. The maximum absolute atomic E-state index is 6.16. The number of fused-ring (bicyclic) bond motifs is 1. The monoisotopic (exact) mass is 455 g/mol. The Morgan fingerprint density at radius 1 is 0.935 bits per heavy atom. The predicted octanol–water partition coefficient (Wildman–Crippen LogP) is 5.64. The van der Waals surface area contributed by atoms with E-state index in [0.29, 0.717) is 18.7 Å². The number of para-hydroxylation sites is 2. The van der Waals surface area contributed by atoms with Gasteiger partial charge < -0.3 is 14.5 Å². The lowest BCUT2D eigenvalue weighted by Gasteiger charge is -2.46. The van der Waals surface area contributed by atoms with E-state index in [2.05, 4.69) is 63.3 Å². The number of halogens is 2. The summed E-state index contributed by atoms with van der Waals surface area (Å²) < 4.78 is 6.16. The SMILES string of the molecule is Cl.Clc1ccc(CC2COc3ccccc3N2C2CCN(c3ccccn3)CC2)cc1. The van der Waals surface area contributed by atoms with Crippen LogP contribution in [0.15, 0.2) is 72.9 Å². The molecule has 1 unspecified atom stereocenters. The first-order chi connectivity index (χ1) is 14.8. The fraction of sp³-hybridized carbons (Fsp3) is 0.320. The number of pyridine rings is 1. The Kier molecular flexibility index (Phi) is 6.89. The molecule has 1 fully saturated rings. The molecule has 0 spiro atoms. The van der Waals surface area contributed by atoms with Crippen LogP contribution in [0.3, 0.4) is 0 Å². The molecule has 2 aliphatic heterocycles. The van der Waals surface area contributed by atoms with Gasteiger partial charge in [0.05, 0.1) is 11.7 Å². The molecule has 5 rings (SSSR count). The third-order valence-corrected chi connectivity index (χ3v) is 6.44. The number of anilines is 2. The van der Waals surface area contributed by atoms with Gasteiger partial charge in [0.2, 0.25) is 0 Å². The number of hydrogen-bond acceptors (Lipinski definition) is 4. The smallest absolute Gasteiger partial charge is 0.142 e. The van der Waals surface area contributed by atoms with E-state index >= 15 is 0 Å². The van der Waals surface area contributed by atoms with Crippen molar-refractivity contribution < 1.29 is 4.74 Å². The normalized spacial score (nSPS) is 18.7. The van der Waals surface area contributed by atoms with Crippen molar-refractivity contribution in [2.75, 3.05) is 29.5 Å². The highest BCUT2D eigenvalue weighted by atomic mass is 35.5. The Morgan fingerprint density at radius 2 is 1.68 bits per heavy atom. The molecular formula is C25H27Cl2N3O. The van der Waals surface area contributed by atoms with Gasteiger partial charge in [0.15, 0.2) is 0 Å². The van der Waals surface area contributed by atoms with Gasteiger partial charge in [0.1, 0.15) is 18.2 Å². The van der Waals surface area contributed by atoms with Crippen LogP contribution < -0.4 is 14.5 Å². The van der Waals surface area contributed by atoms with E-state index in [9.17, 15) is 0 Å². The van der Waals surface area contributed by atoms with Gasteiger partial charge in [0.25, 0.3) is 0 Å². The first kappa shape index (κ1) is 21.8. The van der Waals surface area contributed by atoms with Crippen LogP contribution in [-0.2, 0) is 6.42 Å². The zero-order chi connectivity index (χ0) is 20.3. The number of benzene rings is 2. The Hall–Kier alpha value is -2.43. The molecule has 0 amide bonds. The lowest BCUT2D eigenvalue weighted by Crippen LogP contribution is -2.53. The van der Waals surface area contributed by atoms with Gasteiger partial charge in [-0.1, -0.05) is 41.9 Å². The summed E-state index contributed by atoms with van der Waals surface area (Å²) in [5, 5.41) is 0.780. The molecule has 0 bridgehead atoms. The van der Waals surface area contributed by atoms with Crippen LogP contribution in [0.2, 0.25) is 5.02 Å². The van der Waals surface area contributed by atoms with Crippen molar-refractivity contribution in [1.29, 1.82) is 0 Å². The molecule has 2 aliphatic rings. The van der Waals surface area contributed by atoms with Crippen LogP contribution in [0.25, 0.3) is 0 Å². The van der Waals surface area contributed by atoms with Crippen molar-refractivity contribution in [3.05, 3.63) is 83.5 Å². The molecule has 1 saturated heterocycles. The van der Waals surface area contributed by atoms with Crippen molar-refractivity contribution in [2.45, 2.75) is 31.3 Å².